The molecule has 0 aliphatic carbocycles. The molecule has 1 saturated heterocycles. The zero-order valence-corrected chi connectivity index (χ0v) is 15.1. The van der Waals surface area contributed by atoms with E-state index in [0.29, 0.717) is 18.7 Å². The molecule has 0 spiro atoms. The third-order valence-electron chi connectivity index (χ3n) is 4.24. The lowest BCUT2D eigenvalue weighted by Crippen LogP contribution is -2.45. The number of rotatable bonds is 5. The first-order valence-corrected chi connectivity index (χ1v) is 9.59. The van der Waals surface area contributed by atoms with Crippen molar-refractivity contribution >= 4 is 26.8 Å². The minimum Gasteiger partial charge on any atom is -0.379 e. The third-order valence-corrected chi connectivity index (χ3v) is 6.06. The molecule has 1 aromatic heterocycles. The fourth-order valence-corrected chi connectivity index (χ4v) is 4.33. The molecule has 1 aliphatic rings. The van der Waals surface area contributed by atoms with Crippen molar-refractivity contribution in [2.24, 2.45) is 0 Å². The Labute approximate surface area is 146 Å². The van der Waals surface area contributed by atoms with Gasteiger partial charge in [-0.3, -0.25) is 9.89 Å². The second kappa shape index (κ2) is 7.11. The average Bonchev–Trinajstić information content (AvgIpc) is 3.02. The number of ether oxygens (including phenoxy) is 1. The summed E-state index contributed by atoms with van der Waals surface area (Å²) in [6.07, 6.45) is 3.31. The lowest BCUT2D eigenvalue weighted by atomic mass is 10.1. The molecule has 2 heterocycles. The molecule has 3 rings (SSSR count). The van der Waals surface area contributed by atoms with Crippen molar-refractivity contribution < 1.29 is 17.9 Å². The van der Waals surface area contributed by atoms with E-state index < -0.39 is 10.0 Å². The minimum absolute atomic E-state index is 0.0596. The second-order valence-corrected chi connectivity index (χ2v) is 8.35. The highest BCUT2D eigenvalue weighted by Gasteiger charge is 2.27. The molecule has 1 fully saturated rings. The summed E-state index contributed by atoms with van der Waals surface area (Å²) < 4.78 is 32.2. The molecule has 0 bridgehead atoms. The molecular weight excluding hydrogens is 344 g/mol. The molecular formula is C16H22N4O4S. The fourth-order valence-electron chi connectivity index (χ4n) is 2.95. The van der Waals surface area contributed by atoms with E-state index in [1.807, 2.05) is 13.0 Å². The van der Waals surface area contributed by atoms with Crippen LogP contribution in [0.15, 0.2) is 23.2 Å². The number of likely N-dealkylation sites (N-methyl/N-ethyl adjacent to an activating group) is 1. The monoisotopic (exact) mass is 366 g/mol. The summed E-state index contributed by atoms with van der Waals surface area (Å²) in [5.74, 6) is -0.338. The number of hydrogen-bond acceptors (Lipinski definition) is 5. The number of aryl methyl sites for hydroxylation is 1. The average molecular weight is 366 g/mol. The Hall–Kier alpha value is -1.97. The molecule has 1 aromatic carbocycles. The summed E-state index contributed by atoms with van der Waals surface area (Å²) in [5, 5.41) is 10.2. The molecule has 0 radical (unpaired) electrons. The Morgan fingerprint density at radius 3 is 3.00 bits per heavy atom. The molecule has 1 unspecified atom stereocenters. The predicted octanol–water partition coefficient (Wildman–Crippen LogP) is 0.787. The van der Waals surface area contributed by atoms with Crippen molar-refractivity contribution in [2.45, 2.75) is 30.7 Å². The maximum Gasteiger partial charge on any atom is 0.245 e. The van der Waals surface area contributed by atoms with E-state index in [2.05, 4.69) is 15.5 Å². The molecule has 9 heteroatoms. The highest BCUT2D eigenvalue weighted by atomic mass is 32.2. The van der Waals surface area contributed by atoms with E-state index in [1.165, 1.54) is 7.05 Å². The van der Waals surface area contributed by atoms with Gasteiger partial charge in [0.15, 0.2) is 0 Å². The van der Waals surface area contributed by atoms with E-state index in [9.17, 15) is 13.2 Å². The Kier molecular flexibility index (Phi) is 5.07. The van der Waals surface area contributed by atoms with Crippen molar-refractivity contribution in [3.8, 4) is 0 Å². The lowest BCUT2D eigenvalue weighted by Gasteiger charge is -2.24. The van der Waals surface area contributed by atoms with E-state index in [0.717, 1.165) is 28.1 Å². The van der Waals surface area contributed by atoms with E-state index in [4.69, 9.17) is 4.74 Å². The first kappa shape index (κ1) is 17.8. The molecule has 1 aliphatic heterocycles. The molecule has 25 heavy (non-hydrogen) atoms. The van der Waals surface area contributed by atoms with Crippen LogP contribution in [-0.2, 0) is 19.6 Å². The summed E-state index contributed by atoms with van der Waals surface area (Å²) in [6.45, 7) is 2.74. The van der Waals surface area contributed by atoms with Crippen molar-refractivity contribution in [1.82, 2.24) is 19.8 Å². The van der Waals surface area contributed by atoms with E-state index in [1.54, 1.807) is 12.3 Å². The Morgan fingerprint density at radius 1 is 1.48 bits per heavy atom. The fraction of sp³-hybridized carbons (Fsp3) is 0.500. The number of sulfonamides is 1. The normalized spacial score (nSPS) is 18.6. The number of hydrogen-bond donors (Lipinski definition) is 2. The van der Waals surface area contributed by atoms with Crippen molar-refractivity contribution in [3.63, 3.8) is 0 Å². The highest BCUT2D eigenvalue weighted by molar-refractivity contribution is 7.89. The van der Waals surface area contributed by atoms with E-state index in [-0.39, 0.29) is 23.4 Å². The summed E-state index contributed by atoms with van der Waals surface area (Å²) in [6, 6.07) is 3.38. The number of nitrogens with one attached hydrogen (secondary N) is 2. The lowest BCUT2D eigenvalue weighted by molar-refractivity contribution is -0.122. The van der Waals surface area contributed by atoms with Gasteiger partial charge in [-0.1, -0.05) is 0 Å². The minimum atomic E-state index is -3.82. The number of aromatic nitrogens is 2. The summed E-state index contributed by atoms with van der Waals surface area (Å²) >= 11 is 0. The molecule has 2 aromatic rings. The Morgan fingerprint density at radius 2 is 2.28 bits per heavy atom. The van der Waals surface area contributed by atoms with Crippen molar-refractivity contribution in [1.29, 1.82) is 0 Å². The summed E-state index contributed by atoms with van der Waals surface area (Å²) in [5.41, 5.74) is 1.25. The highest BCUT2D eigenvalue weighted by Crippen LogP contribution is 2.25. The first-order valence-electron chi connectivity index (χ1n) is 8.15. The van der Waals surface area contributed by atoms with Gasteiger partial charge in [-0.05, 0) is 37.5 Å². The van der Waals surface area contributed by atoms with Gasteiger partial charge in [0, 0.05) is 19.0 Å². The van der Waals surface area contributed by atoms with Crippen molar-refractivity contribution in [2.75, 3.05) is 26.8 Å². The van der Waals surface area contributed by atoms with Gasteiger partial charge in [0.25, 0.3) is 0 Å². The van der Waals surface area contributed by atoms with Gasteiger partial charge >= 0.3 is 0 Å². The van der Waals surface area contributed by atoms with Gasteiger partial charge in [0.1, 0.15) is 4.90 Å². The zero-order chi connectivity index (χ0) is 18.0. The zero-order valence-electron chi connectivity index (χ0n) is 14.3. The van der Waals surface area contributed by atoms with Gasteiger partial charge in [0.05, 0.1) is 30.9 Å². The molecule has 136 valence electrons. The Bertz CT molecular complexity index is 871. The van der Waals surface area contributed by atoms with Crippen LogP contribution in [0.1, 0.15) is 18.4 Å². The van der Waals surface area contributed by atoms with Crippen LogP contribution in [0.2, 0.25) is 0 Å². The van der Waals surface area contributed by atoms with Gasteiger partial charge < -0.3 is 10.1 Å². The third kappa shape index (κ3) is 3.83. The van der Waals surface area contributed by atoms with Crippen LogP contribution < -0.4 is 5.32 Å². The number of nitrogens with zero attached hydrogens (tertiary/aromatic N) is 2. The molecule has 2 N–H and O–H groups in total. The quantitative estimate of drug-likeness (QED) is 0.814. The maximum absolute atomic E-state index is 12.9. The predicted molar refractivity (Wildman–Crippen MR) is 92.6 cm³/mol. The van der Waals surface area contributed by atoms with Gasteiger partial charge in [-0.2, -0.15) is 9.40 Å². The SMILES string of the molecule is Cc1cc(S(=O)(=O)N(C)CC(=O)NC2CCCOC2)c2[nH]ncc2c1. The smallest absolute Gasteiger partial charge is 0.245 e. The van der Waals surface area contributed by atoms with Crippen LogP contribution in [0.25, 0.3) is 10.9 Å². The number of fused-ring (bicyclic) bond motifs is 1. The van der Waals surface area contributed by atoms with Gasteiger partial charge in [-0.25, -0.2) is 8.42 Å². The molecule has 1 amide bonds. The number of carbonyl (C=O) groups is 1. The molecule has 8 nitrogen and oxygen atoms in total. The topological polar surface area (TPSA) is 104 Å². The first-order chi connectivity index (χ1) is 11.9. The summed E-state index contributed by atoms with van der Waals surface area (Å²) in [7, 11) is -2.42. The largest absolute Gasteiger partial charge is 0.379 e. The second-order valence-electron chi connectivity index (χ2n) is 6.34. The van der Waals surface area contributed by atoms with Crippen LogP contribution >= 0.6 is 0 Å². The van der Waals surface area contributed by atoms with Crippen LogP contribution in [0.4, 0.5) is 0 Å². The van der Waals surface area contributed by atoms with E-state index >= 15 is 0 Å². The number of carbonyl (C=O) groups excluding carboxylic acids is 1. The number of amides is 1. The number of benzene rings is 1. The van der Waals surface area contributed by atoms with Crippen molar-refractivity contribution in [3.05, 3.63) is 23.9 Å². The number of H-pyrrole nitrogens is 1. The van der Waals surface area contributed by atoms with Gasteiger partial charge in [0.2, 0.25) is 15.9 Å². The van der Waals surface area contributed by atoms with Gasteiger partial charge in [-0.15, -0.1) is 0 Å². The molecule has 0 saturated carbocycles. The Balaban J connectivity index is 1.76. The van der Waals surface area contributed by atoms with Crippen LogP contribution in [-0.4, -0.2) is 61.7 Å². The van der Waals surface area contributed by atoms with Crippen LogP contribution in [0.5, 0.6) is 0 Å². The number of aromatic amines is 1. The van der Waals surface area contributed by atoms with Crippen LogP contribution in [0.3, 0.4) is 0 Å². The molecule has 1 atom stereocenters. The van der Waals surface area contributed by atoms with Crippen LogP contribution in [0, 0.1) is 6.92 Å². The standard InChI is InChI=1S/C16H22N4O4S/c1-11-6-12-8-17-19-16(12)14(7-11)25(22,23)20(2)9-15(21)18-13-4-3-5-24-10-13/h6-8,13H,3-5,9-10H2,1-2H3,(H,17,19)(H,18,21). The summed E-state index contributed by atoms with van der Waals surface area (Å²) in [4.78, 5) is 12.3. The maximum atomic E-state index is 12.9.